The van der Waals surface area contributed by atoms with Crippen molar-refractivity contribution in [1.82, 2.24) is 19.0 Å². The van der Waals surface area contributed by atoms with Crippen molar-refractivity contribution in [2.24, 2.45) is 13.0 Å². The van der Waals surface area contributed by atoms with Crippen LogP contribution in [0.25, 0.3) is 10.9 Å². The molecule has 6 heteroatoms. The van der Waals surface area contributed by atoms with Crippen molar-refractivity contribution in [3.05, 3.63) is 64.0 Å². The number of piperidine rings is 1. The highest BCUT2D eigenvalue weighted by Gasteiger charge is 2.24. The zero-order chi connectivity index (χ0) is 20.5. The number of benzene rings is 1. The summed E-state index contributed by atoms with van der Waals surface area (Å²) in [5.41, 5.74) is 3.80. The van der Waals surface area contributed by atoms with Gasteiger partial charge in [0, 0.05) is 55.0 Å². The van der Waals surface area contributed by atoms with E-state index in [9.17, 15) is 9.59 Å². The van der Waals surface area contributed by atoms with Crippen LogP contribution in [0.4, 0.5) is 0 Å². The van der Waals surface area contributed by atoms with Crippen molar-refractivity contribution in [2.75, 3.05) is 13.1 Å². The Labute approximate surface area is 170 Å². The maximum absolute atomic E-state index is 12.9. The summed E-state index contributed by atoms with van der Waals surface area (Å²) in [6.07, 6.45) is 5.99. The van der Waals surface area contributed by atoms with Crippen molar-refractivity contribution >= 4 is 16.8 Å². The number of aromatic nitrogens is 3. The highest BCUT2D eigenvalue weighted by molar-refractivity contribution is 5.89. The smallest absolute Gasteiger partial charge is 0.256 e. The van der Waals surface area contributed by atoms with Gasteiger partial charge in [0.25, 0.3) is 5.56 Å². The van der Waals surface area contributed by atoms with Crippen LogP contribution in [0.3, 0.4) is 0 Å². The van der Waals surface area contributed by atoms with Gasteiger partial charge in [-0.2, -0.15) is 0 Å². The first-order valence-electron chi connectivity index (χ1n) is 10.3. The van der Waals surface area contributed by atoms with Gasteiger partial charge in [0.05, 0.1) is 12.7 Å². The van der Waals surface area contributed by atoms with Gasteiger partial charge < -0.3 is 9.47 Å². The predicted molar refractivity (Wildman–Crippen MR) is 114 cm³/mol. The van der Waals surface area contributed by atoms with Gasteiger partial charge >= 0.3 is 0 Å². The summed E-state index contributed by atoms with van der Waals surface area (Å²) in [5, 5.41) is 1.15. The monoisotopic (exact) mass is 392 g/mol. The van der Waals surface area contributed by atoms with Gasteiger partial charge in [-0.25, -0.2) is 4.98 Å². The Bertz CT molecular complexity index is 1100. The van der Waals surface area contributed by atoms with Crippen LogP contribution >= 0.6 is 0 Å². The number of nitrogens with zero attached hydrogens (tertiary/aromatic N) is 4. The zero-order valence-corrected chi connectivity index (χ0v) is 17.4. The van der Waals surface area contributed by atoms with E-state index in [2.05, 4.69) is 27.9 Å². The maximum atomic E-state index is 12.9. The summed E-state index contributed by atoms with van der Waals surface area (Å²) in [7, 11) is 2.02. The van der Waals surface area contributed by atoms with Crippen LogP contribution in [-0.2, 0) is 24.8 Å². The molecule has 0 radical (unpaired) electrons. The fourth-order valence-electron chi connectivity index (χ4n) is 4.29. The van der Waals surface area contributed by atoms with Gasteiger partial charge in [0.15, 0.2) is 0 Å². The van der Waals surface area contributed by atoms with E-state index in [1.165, 1.54) is 0 Å². The molecule has 0 unspecified atom stereocenters. The first-order valence-corrected chi connectivity index (χ1v) is 10.3. The normalized spacial score (nSPS) is 15.2. The zero-order valence-electron chi connectivity index (χ0n) is 17.4. The topological polar surface area (TPSA) is 60.1 Å². The first-order chi connectivity index (χ1) is 13.9. The second-order valence-electron chi connectivity index (χ2n) is 8.20. The van der Waals surface area contributed by atoms with Gasteiger partial charge in [-0.1, -0.05) is 18.2 Å². The van der Waals surface area contributed by atoms with E-state index in [-0.39, 0.29) is 11.5 Å². The Morgan fingerprint density at radius 2 is 1.90 bits per heavy atom. The van der Waals surface area contributed by atoms with Crippen LogP contribution in [0.5, 0.6) is 0 Å². The molecule has 0 aliphatic carbocycles. The number of fused-ring (bicyclic) bond motifs is 1. The molecule has 0 bridgehead atoms. The van der Waals surface area contributed by atoms with Gasteiger partial charge in [-0.3, -0.25) is 14.2 Å². The number of carbonyl (C=O) groups excluding carboxylic acids is 1. The summed E-state index contributed by atoms with van der Waals surface area (Å²) < 4.78 is 3.81. The van der Waals surface area contributed by atoms with E-state index in [0.29, 0.717) is 18.9 Å². The maximum Gasteiger partial charge on any atom is 0.256 e. The lowest BCUT2D eigenvalue weighted by Crippen LogP contribution is -2.40. The molecule has 1 amide bonds. The minimum Gasteiger partial charge on any atom is -0.350 e. The number of likely N-dealkylation sites (tertiary alicyclic amines) is 1. The van der Waals surface area contributed by atoms with Gasteiger partial charge in [0.2, 0.25) is 5.91 Å². The number of rotatable bonds is 4. The Morgan fingerprint density at radius 3 is 2.66 bits per heavy atom. The molecule has 3 heterocycles. The number of hydrogen-bond donors (Lipinski definition) is 0. The van der Waals surface area contributed by atoms with Crippen LogP contribution in [-0.4, -0.2) is 38.0 Å². The predicted octanol–water partition coefficient (Wildman–Crippen LogP) is 2.83. The molecule has 3 aromatic rings. The molecule has 1 aliphatic heterocycles. The number of para-hydroxylation sites is 1. The molecule has 0 saturated carbocycles. The summed E-state index contributed by atoms with van der Waals surface area (Å²) in [4.78, 5) is 31.6. The van der Waals surface area contributed by atoms with E-state index in [0.717, 1.165) is 53.7 Å². The summed E-state index contributed by atoms with van der Waals surface area (Å²) in [6, 6.07) is 8.21. The molecule has 2 aromatic heterocycles. The molecule has 1 saturated heterocycles. The molecule has 0 N–H and O–H groups in total. The van der Waals surface area contributed by atoms with Crippen LogP contribution in [0.2, 0.25) is 0 Å². The summed E-state index contributed by atoms with van der Waals surface area (Å²) >= 11 is 0. The standard InChI is InChI=1S/C23H28N4O2/c1-16-17(2)24-15-27(23(16)29)13-18-8-10-26(11-9-18)22(28)12-19-14-25(3)21-7-5-4-6-20(19)21/h4-7,14-15,18H,8-13H2,1-3H3. The summed E-state index contributed by atoms with van der Waals surface area (Å²) in [5.74, 6) is 0.586. The van der Waals surface area contributed by atoms with Crippen molar-refractivity contribution in [2.45, 2.75) is 39.7 Å². The van der Waals surface area contributed by atoms with Crippen LogP contribution in [0, 0.1) is 19.8 Å². The molecule has 0 atom stereocenters. The van der Waals surface area contributed by atoms with Crippen molar-refractivity contribution < 1.29 is 4.79 Å². The van der Waals surface area contributed by atoms with E-state index in [1.807, 2.05) is 37.9 Å². The lowest BCUT2D eigenvalue weighted by molar-refractivity contribution is -0.131. The molecule has 29 heavy (non-hydrogen) atoms. The van der Waals surface area contributed by atoms with E-state index in [1.54, 1.807) is 10.9 Å². The quantitative estimate of drug-likeness (QED) is 0.686. The third-order valence-corrected chi connectivity index (χ3v) is 6.26. The van der Waals surface area contributed by atoms with Gasteiger partial charge in [-0.05, 0) is 44.2 Å². The second-order valence-corrected chi connectivity index (χ2v) is 8.20. The second kappa shape index (κ2) is 7.85. The lowest BCUT2D eigenvalue weighted by Gasteiger charge is -2.32. The fraction of sp³-hybridized carbons (Fsp3) is 0.435. The Balaban J connectivity index is 1.37. The van der Waals surface area contributed by atoms with Gasteiger partial charge in [-0.15, -0.1) is 0 Å². The number of hydrogen-bond acceptors (Lipinski definition) is 3. The van der Waals surface area contributed by atoms with Crippen LogP contribution in [0.1, 0.15) is 29.7 Å². The highest BCUT2D eigenvalue weighted by Crippen LogP contribution is 2.23. The summed E-state index contributed by atoms with van der Waals surface area (Å²) in [6.45, 7) is 5.87. The molecule has 4 rings (SSSR count). The van der Waals surface area contributed by atoms with E-state index in [4.69, 9.17) is 0 Å². The minimum absolute atomic E-state index is 0.0481. The highest BCUT2D eigenvalue weighted by atomic mass is 16.2. The molecule has 1 aromatic carbocycles. The molecule has 152 valence electrons. The molecular formula is C23H28N4O2. The molecular weight excluding hydrogens is 364 g/mol. The number of aryl methyl sites for hydroxylation is 2. The molecule has 0 spiro atoms. The minimum atomic E-state index is 0.0481. The van der Waals surface area contributed by atoms with E-state index >= 15 is 0 Å². The number of carbonyl (C=O) groups is 1. The van der Waals surface area contributed by atoms with E-state index < -0.39 is 0 Å². The molecule has 1 aliphatic rings. The Morgan fingerprint density at radius 1 is 1.17 bits per heavy atom. The van der Waals surface area contributed by atoms with Crippen LogP contribution in [0.15, 0.2) is 41.6 Å². The Hall–Kier alpha value is -2.89. The van der Waals surface area contributed by atoms with Gasteiger partial charge in [0.1, 0.15) is 0 Å². The van der Waals surface area contributed by atoms with Crippen molar-refractivity contribution in [1.29, 1.82) is 0 Å². The third-order valence-electron chi connectivity index (χ3n) is 6.26. The average molecular weight is 393 g/mol. The fourth-order valence-corrected chi connectivity index (χ4v) is 4.29. The third kappa shape index (κ3) is 3.84. The molecule has 1 fully saturated rings. The average Bonchev–Trinajstić information content (AvgIpc) is 3.04. The lowest BCUT2D eigenvalue weighted by atomic mass is 9.96. The molecule has 6 nitrogen and oxygen atoms in total. The number of amides is 1. The SMILES string of the molecule is Cc1ncn(CC2CCN(C(=O)Cc3cn(C)c4ccccc34)CC2)c(=O)c1C. The Kier molecular flexibility index (Phi) is 5.26. The van der Waals surface area contributed by atoms with Crippen LogP contribution < -0.4 is 5.56 Å². The van der Waals surface area contributed by atoms with Crippen molar-refractivity contribution in [3.8, 4) is 0 Å². The van der Waals surface area contributed by atoms with Crippen molar-refractivity contribution in [3.63, 3.8) is 0 Å². The largest absolute Gasteiger partial charge is 0.350 e. The first kappa shape index (κ1) is 19.4.